The molecule has 0 aliphatic heterocycles. The van der Waals surface area contributed by atoms with Crippen molar-refractivity contribution in [2.75, 3.05) is 13.2 Å². The van der Waals surface area contributed by atoms with E-state index in [1.165, 1.54) is 24.3 Å². The van der Waals surface area contributed by atoms with Gasteiger partial charge in [0.2, 0.25) is 0 Å². The Balaban J connectivity index is 2.43. The molecule has 28 heavy (non-hydrogen) atoms. The van der Waals surface area contributed by atoms with E-state index in [-0.39, 0.29) is 17.0 Å². The van der Waals surface area contributed by atoms with Crippen LogP contribution in [-0.2, 0) is 4.79 Å². The number of hydrogen-bond donors (Lipinski definition) is 1. The summed E-state index contributed by atoms with van der Waals surface area (Å²) in [5.74, 6) is -0.534. The van der Waals surface area contributed by atoms with Crippen molar-refractivity contribution in [1.82, 2.24) is 0 Å². The van der Waals surface area contributed by atoms with E-state index in [0.717, 1.165) is 0 Å². The average Bonchev–Trinajstić information content (AvgIpc) is 2.67. The van der Waals surface area contributed by atoms with Crippen LogP contribution in [0.3, 0.4) is 0 Å². The molecule has 0 aliphatic rings. The predicted molar refractivity (Wildman–Crippen MR) is 105 cm³/mol. The summed E-state index contributed by atoms with van der Waals surface area (Å²) < 4.78 is 11.3. The maximum atomic E-state index is 10.8. The van der Waals surface area contributed by atoms with Gasteiger partial charge in [-0.2, -0.15) is 5.26 Å². The third kappa shape index (κ3) is 5.31. The summed E-state index contributed by atoms with van der Waals surface area (Å²) in [5.41, 5.74) is 1.34. The molecular formula is C19H15BrN2O6. The van der Waals surface area contributed by atoms with Crippen LogP contribution in [-0.4, -0.2) is 29.2 Å². The zero-order valence-electron chi connectivity index (χ0n) is 14.7. The van der Waals surface area contributed by atoms with Gasteiger partial charge in [-0.15, -0.1) is 0 Å². The summed E-state index contributed by atoms with van der Waals surface area (Å²) in [6, 6.07) is 10.9. The van der Waals surface area contributed by atoms with Crippen LogP contribution < -0.4 is 9.47 Å². The highest BCUT2D eigenvalue weighted by Crippen LogP contribution is 2.35. The number of halogens is 1. The lowest BCUT2D eigenvalue weighted by Gasteiger charge is -2.13. The van der Waals surface area contributed by atoms with Crippen LogP contribution >= 0.6 is 15.9 Å². The molecule has 0 bridgehead atoms. The van der Waals surface area contributed by atoms with E-state index in [4.69, 9.17) is 14.6 Å². The van der Waals surface area contributed by atoms with Crippen LogP contribution in [0.1, 0.15) is 18.1 Å². The quantitative estimate of drug-likeness (QED) is 0.277. The number of benzene rings is 2. The number of nitriles is 1. The fraction of sp³-hybridized carbons (Fsp3) is 0.158. The molecule has 1 N–H and O–H groups in total. The number of carbonyl (C=O) groups is 1. The lowest BCUT2D eigenvalue weighted by Crippen LogP contribution is -2.10. The van der Waals surface area contributed by atoms with Crippen LogP contribution in [0, 0.1) is 21.4 Å². The van der Waals surface area contributed by atoms with Gasteiger partial charge in [-0.05, 0) is 48.4 Å². The molecule has 0 saturated carbocycles. The zero-order valence-corrected chi connectivity index (χ0v) is 16.3. The van der Waals surface area contributed by atoms with Crippen molar-refractivity contribution in [3.8, 4) is 17.6 Å². The molecule has 0 spiro atoms. The number of aliphatic carboxylic acids is 1. The number of hydrogen-bond acceptors (Lipinski definition) is 6. The van der Waals surface area contributed by atoms with Crippen molar-refractivity contribution in [2.45, 2.75) is 6.92 Å². The number of nitrogens with zero attached hydrogens (tertiary/aromatic N) is 2. The van der Waals surface area contributed by atoms with E-state index in [9.17, 15) is 20.2 Å². The molecule has 2 aromatic rings. The highest BCUT2D eigenvalue weighted by Gasteiger charge is 2.13. The molecular weight excluding hydrogens is 432 g/mol. The number of allylic oxidation sites excluding steroid dienone is 1. The molecule has 0 unspecified atom stereocenters. The molecule has 0 fully saturated rings. The normalized spacial score (nSPS) is 10.8. The van der Waals surface area contributed by atoms with Crippen molar-refractivity contribution in [2.24, 2.45) is 0 Å². The minimum atomic E-state index is -1.12. The minimum absolute atomic E-state index is 0.0687. The third-order valence-electron chi connectivity index (χ3n) is 3.52. The van der Waals surface area contributed by atoms with Crippen molar-refractivity contribution in [1.29, 1.82) is 5.26 Å². The number of carboxylic acid groups (broad SMARTS) is 1. The number of non-ortho nitro benzene ring substituents is 1. The third-order valence-corrected chi connectivity index (χ3v) is 4.21. The molecule has 0 atom stereocenters. The molecule has 9 heteroatoms. The zero-order chi connectivity index (χ0) is 20.7. The monoisotopic (exact) mass is 446 g/mol. The topological polar surface area (TPSA) is 123 Å². The van der Waals surface area contributed by atoms with Crippen molar-refractivity contribution in [3.05, 3.63) is 62.1 Å². The summed E-state index contributed by atoms with van der Waals surface area (Å²) in [4.78, 5) is 21.0. The lowest BCUT2D eigenvalue weighted by atomic mass is 10.0. The Kier molecular flexibility index (Phi) is 7.12. The Morgan fingerprint density at radius 1 is 1.29 bits per heavy atom. The number of nitro benzene ring substituents is 1. The minimum Gasteiger partial charge on any atom is -0.490 e. The van der Waals surface area contributed by atoms with E-state index < -0.39 is 17.5 Å². The highest BCUT2D eigenvalue weighted by atomic mass is 79.9. The number of rotatable bonds is 8. The first-order valence-corrected chi connectivity index (χ1v) is 8.82. The fourth-order valence-corrected chi connectivity index (χ4v) is 2.72. The number of nitro groups is 1. The molecule has 144 valence electrons. The first-order chi connectivity index (χ1) is 13.3. The first-order valence-electron chi connectivity index (χ1n) is 8.03. The van der Waals surface area contributed by atoms with E-state index in [0.29, 0.717) is 28.0 Å². The maximum Gasteiger partial charge on any atom is 0.341 e. The summed E-state index contributed by atoms with van der Waals surface area (Å²) in [5, 5.41) is 29.0. The van der Waals surface area contributed by atoms with Crippen molar-refractivity contribution < 1.29 is 24.3 Å². The summed E-state index contributed by atoms with van der Waals surface area (Å²) in [6.07, 6.45) is 1.59. The average molecular weight is 447 g/mol. The highest BCUT2D eigenvalue weighted by molar-refractivity contribution is 9.10. The van der Waals surface area contributed by atoms with Crippen molar-refractivity contribution in [3.63, 3.8) is 0 Å². The summed E-state index contributed by atoms with van der Waals surface area (Å²) in [6.45, 7) is 1.59. The fourth-order valence-electron chi connectivity index (χ4n) is 2.28. The number of ether oxygens (including phenoxy) is 2. The van der Waals surface area contributed by atoms with Gasteiger partial charge in [-0.3, -0.25) is 10.1 Å². The lowest BCUT2D eigenvalue weighted by molar-refractivity contribution is -0.384. The maximum absolute atomic E-state index is 10.8. The second-order valence-electron chi connectivity index (χ2n) is 5.41. The van der Waals surface area contributed by atoms with Crippen LogP contribution in [0.15, 0.2) is 40.9 Å². The number of carboxylic acids is 1. The SMILES string of the molecule is CCOc1cc(/C=C(/C#N)c2ccc([N+](=O)[O-])cc2)c(Br)cc1OCC(=O)O. The Morgan fingerprint density at radius 3 is 2.46 bits per heavy atom. The van der Waals surface area contributed by atoms with Crippen molar-refractivity contribution >= 4 is 39.2 Å². The Hall–Kier alpha value is -3.38. The Bertz CT molecular complexity index is 964. The molecule has 8 nitrogen and oxygen atoms in total. The molecule has 2 rings (SSSR count). The van der Waals surface area contributed by atoms with Gasteiger partial charge in [0.05, 0.1) is 23.2 Å². The van der Waals surface area contributed by atoms with Crippen LogP contribution in [0.4, 0.5) is 5.69 Å². The van der Waals surface area contributed by atoms with E-state index >= 15 is 0 Å². The summed E-state index contributed by atoms with van der Waals surface area (Å²) >= 11 is 3.37. The van der Waals surface area contributed by atoms with Gasteiger partial charge in [0.1, 0.15) is 0 Å². The molecule has 0 radical (unpaired) electrons. The van der Waals surface area contributed by atoms with Crippen LogP contribution in [0.25, 0.3) is 11.6 Å². The molecule has 0 saturated heterocycles. The van der Waals surface area contributed by atoms with Gasteiger partial charge in [-0.1, -0.05) is 15.9 Å². The van der Waals surface area contributed by atoms with E-state index in [1.807, 2.05) is 0 Å². The second kappa shape index (κ2) is 9.53. The largest absolute Gasteiger partial charge is 0.490 e. The van der Waals surface area contributed by atoms with E-state index in [1.54, 1.807) is 25.1 Å². The van der Waals surface area contributed by atoms with Gasteiger partial charge in [0, 0.05) is 16.6 Å². The predicted octanol–water partition coefficient (Wildman–Crippen LogP) is 4.28. The van der Waals surface area contributed by atoms with Gasteiger partial charge in [-0.25, -0.2) is 4.79 Å². The Labute approximate surface area is 168 Å². The summed E-state index contributed by atoms with van der Waals surface area (Å²) in [7, 11) is 0. The van der Waals surface area contributed by atoms with Gasteiger partial charge in [0.15, 0.2) is 18.1 Å². The smallest absolute Gasteiger partial charge is 0.341 e. The molecule has 0 aromatic heterocycles. The van der Waals surface area contributed by atoms with Gasteiger partial charge >= 0.3 is 5.97 Å². The van der Waals surface area contributed by atoms with Gasteiger partial charge in [0.25, 0.3) is 5.69 Å². The molecule has 2 aromatic carbocycles. The second-order valence-corrected chi connectivity index (χ2v) is 6.26. The van der Waals surface area contributed by atoms with Crippen LogP contribution in [0.5, 0.6) is 11.5 Å². The molecule has 0 amide bonds. The molecule has 0 heterocycles. The molecule has 0 aliphatic carbocycles. The van der Waals surface area contributed by atoms with E-state index in [2.05, 4.69) is 22.0 Å². The van der Waals surface area contributed by atoms with Gasteiger partial charge < -0.3 is 14.6 Å². The van der Waals surface area contributed by atoms with Crippen LogP contribution in [0.2, 0.25) is 0 Å². The Morgan fingerprint density at radius 2 is 1.93 bits per heavy atom. The first kappa shape index (κ1) is 20.9. The standard InChI is InChI=1S/C19H15BrN2O6/c1-2-27-17-8-13(16(20)9-18(17)28-11-19(23)24)7-14(10-21)12-3-5-15(6-4-12)22(25)26/h3-9H,2,11H2,1H3,(H,23,24)/b14-7-.